The van der Waals surface area contributed by atoms with Crippen LogP contribution in [0.3, 0.4) is 0 Å². The van der Waals surface area contributed by atoms with Crippen molar-refractivity contribution in [3.63, 3.8) is 0 Å². The van der Waals surface area contributed by atoms with Crippen LogP contribution in [-0.4, -0.2) is 34.3 Å². The number of amides is 1. The molecule has 0 aromatic heterocycles. The van der Waals surface area contributed by atoms with Gasteiger partial charge in [0, 0.05) is 12.1 Å². The first-order valence-electron chi connectivity index (χ1n) is 10.6. The van der Waals surface area contributed by atoms with Crippen molar-refractivity contribution in [2.75, 3.05) is 6.54 Å². The minimum Gasteiger partial charge on any atom is -0.507 e. The van der Waals surface area contributed by atoms with Gasteiger partial charge in [-0.2, -0.15) is 0 Å². The highest BCUT2D eigenvalue weighted by atomic mass is 19.1. The molecule has 2 aromatic carbocycles. The smallest absolute Gasteiger partial charge is 0.295 e. The molecule has 1 N–H and O–H groups in total. The van der Waals surface area contributed by atoms with Gasteiger partial charge in [0.15, 0.2) is 0 Å². The lowest BCUT2D eigenvalue weighted by molar-refractivity contribution is -0.139. The largest absolute Gasteiger partial charge is 0.507 e. The summed E-state index contributed by atoms with van der Waals surface area (Å²) in [6.45, 7) is 6.22. The summed E-state index contributed by atoms with van der Waals surface area (Å²) in [5.41, 5.74) is 0.972. The summed E-state index contributed by atoms with van der Waals surface area (Å²) in [5.74, 6) is -1.51. The van der Waals surface area contributed by atoms with E-state index in [1.165, 1.54) is 17.0 Å². The molecule has 2 aromatic rings. The molecule has 0 radical (unpaired) electrons. The van der Waals surface area contributed by atoms with Crippen molar-refractivity contribution in [1.29, 1.82) is 0 Å². The summed E-state index contributed by atoms with van der Waals surface area (Å²) in [7, 11) is 0. The van der Waals surface area contributed by atoms with E-state index in [1.807, 2.05) is 13.8 Å². The van der Waals surface area contributed by atoms with Gasteiger partial charge in [-0.15, -0.1) is 0 Å². The van der Waals surface area contributed by atoms with E-state index in [-0.39, 0.29) is 17.4 Å². The van der Waals surface area contributed by atoms with Crippen molar-refractivity contribution in [2.24, 2.45) is 0 Å². The second kappa shape index (κ2) is 9.77. The quantitative estimate of drug-likeness (QED) is 0.272. The first kappa shape index (κ1) is 22.5. The minimum absolute atomic E-state index is 0.00908. The Balaban J connectivity index is 2.09. The summed E-state index contributed by atoms with van der Waals surface area (Å²) >= 11 is 0. The number of hydrogen-bond acceptors (Lipinski definition) is 4. The fourth-order valence-electron chi connectivity index (χ4n) is 3.78. The fraction of sp³-hybridized carbons (Fsp3) is 0.360. The lowest BCUT2D eigenvalue weighted by atomic mass is 9.95. The summed E-state index contributed by atoms with van der Waals surface area (Å²) in [5, 5.41) is 11.1. The fourth-order valence-corrected chi connectivity index (χ4v) is 3.78. The van der Waals surface area contributed by atoms with Crippen LogP contribution in [0.4, 0.5) is 4.39 Å². The zero-order valence-corrected chi connectivity index (χ0v) is 18.1. The molecule has 1 aliphatic rings. The molecule has 0 saturated carbocycles. The van der Waals surface area contributed by atoms with Crippen molar-refractivity contribution in [3.05, 3.63) is 71.0 Å². The van der Waals surface area contributed by atoms with Gasteiger partial charge in [0.2, 0.25) is 0 Å². The molecule has 1 atom stereocenters. The molecule has 6 heteroatoms. The lowest BCUT2D eigenvalue weighted by Crippen LogP contribution is -2.30. The van der Waals surface area contributed by atoms with Crippen LogP contribution in [0.5, 0.6) is 5.75 Å². The van der Waals surface area contributed by atoms with Crippen molar-refractivity contribution in [1.82, 2.24) is 4.90 Å². The average Bonchev–Trinajstić information content (AvgIpc) is 2.99. The predicted molar refractivity (Wildman–Crippen MR) is 117 cm³/mol. The number of hydrogen-bond donors (Lipinski definition) is 1. The number of aliphatic hydroxyl groups excluding tert-OH is 1. The Morgan fingerprint density at radius 1 is 1.13 bits per heavy atom. The highest BCUT2D eigenvalue weighted by molar-refractivity contribution is 6.46. The maximum absolute atomic E-state index is 13.5. The molecule has 0 aliphatic carbocycles. The number of carbonyl (C=O) groups is 2. The number of ether oxygens (including phenoxy) is 1. The van der Waals surface area contributed by atoms with E-state index in [2.05, 4.69) is 6.92 Å². The summed E-state index contributed by atoms with van der Waals surface area (Å²) in [4.78, 5) is 27.3. The zero-order valence-electron chi connectivity index (χ0n) is 18.1. The maximum Gasteiger partial charge on any atom is 0.295 e. The van der Waals surface area contributed by atoms with Crippen LogP contribution in [0.25, 0.3) is 5.76 Å². The number of rotatable bonds is 8. The molecule has 5 nitrogen and oxygen atoms in total. The van der Waals surface area contributed by atoms with Crippen molar-refractivity contribution < 1.29 is 23.8 Å². The van der Waals surface area contributed by atoms with Crippen LogP contribution in [0, 0.1) is 5.82 Å². The number of Topliss-reactive ketones (excluding diaryl/α,β-unsaturated/α-hetero) is 1. The molecule has 31 heavy (non-hydrogen) atoms. The number of nitrogens with zero attached hydrogens (tertiary/aromatic N) is 1. The van der Waals surface area contributed by atoms with E-state index in [9.17, 15) is 19.1 Å². The number of ketones is 1. The van der Waals surface area contributed by atoms with Gasteiger partial charge < -0.3 is 14.7 Å². The van der Waals surface area contributed by atoms with E-state index < -0.39 is 23.5 Å². The Kier molecular flexibility index (Phi) is 7.10. The molecule has 1 aliphatic heterocycles. The third kappa shape index (κ3) is 4.95. The van der Waals surface area contributed by atoms with E-state index in [1.54, 1.807) is 36.4 Å². The Labute approximate surface area is 182 Å². The van der Waals surface area contributed by atoms with Crippen LogP contribution in [-0.2, 0) is 9.59 Å². The molecule has 1 saturated heterocycles. The molecular weight excluding hydrogens is 397 g/mol. The topological polar surface area (TPSA) is 66.8 Å². The first-order chi connectivity index (χ1) is 14.8. The number of halogens is 1. The van der Waals surface area contributed by atoms with Gasteiger partial charge >= 0.3 is 0 Å². The molecule has 0 bridgehead atoms. The molecule has 1 fully saturated rings. The third-order valence-electron chi connectivity index (χ3n) is 5.21. The van der Waals surface area contributed by atoms with Crippen LogP contribution in [0.2, 0.25) is 0 Å². The van der Waals surface area contributed by atoms with Crippen LogP contribution < -0.4 is 4.74 Å². The van der Waals surface area contributed by atoms with E-state index >= 15 is 0 Å². The predicted octanol–water partition coefficient (Wildman–Crippen LogP) is 5.22. The molecule has 0 spiro atoms. The van der Waals surface area contributed by atoms with E-state index in [4.69, 9.17) is 4.74 Å². The van der Waals surface area contributed by atoms with Gasteiger partial charge in [-0.05, 0) is 50.1 Å². The summed E-state index contributed by atoms with van der Waals surface area (Å²) in [6, 6.07) is 11.7. The Morgan fingerprint density at radius 2 is 1.84 bits per heavy atom. The highest BCUT2D eigenvalue weighted by Gasteiger charge is 2.45. The van der Waals surface area contributed by atoms with Gasteiger partial charge in [-0.25, -0.2) is 4.39 Å². The van der Waals surface area contributed by atoms with Crippen molar-refractivity contribution in [3.8, 4) is 5.75 Å². The third-order valence-corrected chi connectivity index (χ3v) is 5.21. The lowest BCUT2D eigenvalue weighted by Gasteiger charge is -2.25. The first-order valence-corrected chi connectivity index (χ1v) is 10.6. The van der Waals surface area contributed by atoms with Crippen molar-refractivity contribution in [2.45, 2.75) is 52.2 Å². The molecular formula is C25H28FNO4. The number of unbranched alkanes of at least 4 members (excludes halogenated alkanes) is 2. The Hall–Kier alpha value is -3.15. The summed E-state index contributed by atoms with van der Waals surface area (Å²) < 4.78 is 19.2. The molecule has 1 amide bonds. The monoisotopic (exact) mass is 425 g/mol. The summed E-state index contributed by atoms with van der Waals surface area (Å²) in [6.07, 6.45) is 2.56. The molecule has 3 rings (SSSR count). The Bertz CT molecular complexity index is 981. The maximum atomic E-state index is 13.5. The number of aliphatic hydroxyl groups is 1. The number of likely N-dealkylation sites (tertiary alicyclic amines) is 1. The standard InChI is InChI=1S/C25H28FNO4/c1-4-5-6-14-27-22(17-10-12-19(26)13-11-17)21(24(29)25(27)30)23(28)18-8-7-9-20(15-18)31-16(2)3/h7-13,15-16,22,28H,4-6,14H2,1-3H3/b23-21-. The van der Waals surface area contributed by atoms with Crippen LogP contribution in [0.15, 0.2) is 54.1 Å². The van der Waals surface area contributed by atoms with E-state index in [0.29, 0.717) is 23.4 Å². The van der Waals surface area contributed by atoms with E-state index in [0.717, 1.165) is 19.3 Å². The van der Waals surface area contributed by atoms with Gasteiger partial charge in [0.05, 0.1) is 17.7 Å². The number of carbonyl (C=O) groups excluding carboxylic acids is 2. The minimum atomic E-state index is -0.771. The Morgan fingerprint density at radius 3 is 2.48 bits per heavy atom. The average molecular weight is 426 g/mol. The van der Waals surface area contributed by atoms with Gasteiger partial charge in [0.1, 0.15) is 17.3 Å². The molecule has 1 unspecified atom stereocenters. The van der Waals surface area contributed by atoms with Crippen molar-refractivity contribution >= 4 is 17.4 Å². The second-order valence-corrected chi connectivity index (χ2v) is 7.95. The van der Waals surface area contributed by atoms with Gasteiger partial charge in [-0.3, -0.25) is 9.59 Å². The normalized spacial score (nSPS) is 18.1. The molecule has 164 valence electrons. The SMILES string of the molecule is CCCCCN1C(=O)C(=O)/C(=C(\O)c2cccc(OC(C)C)c2)C1c1ccc(F)cc1. The van der Waals surface area contributed by atoms with Crippen LogP contribution >= 0.6 is 0 Å². The second-order valence-electron chi connectivity index (χ2n) is 7.95. The van der Waals surface area contributed by atoms with Gasteiger partial charge in [0.25, 0.3) is 11.7 Å². The zero-order chi connectivity index (χ0) is 22.5. The highest BCUT2D eigenvalue weighted by Crippen LogP contribution is 2.40. The molecule has 1 heterocycles. The number of benzene rings is 2. The van der Waals surface area contributed by atoms with Crippen LogP contribution in [0.1, 0.15) is 57.2 Å². The van der Waals surface area contributed by atoms with Gasteiger partial charge in [-0.1, -0.05) is 44.0 Å².